The van der Waals surface area contributed by atoms with Crippen LogP contribution >= 0.6 is 11.8 Å². The van der Waals surface area contributed by atoms with E-state index in [0.717, 1.165) is 16.8 Å². The molecule has 3 rings (SSSR count). The number of benzene rings is 2. The molecule has 0 aliphatic rings. The molecule has 3 aromatic rings. The lowest BCUT2D eigenvalue weighted by Crippen LogP contribution is -2.31. The lowest BCUT2D eigenvalue weighted by atomic mass is 10.1. The molecule has 0 saturated carbocycles. The van der Waals surface area contributed by atoms with Crippen LogP contribution < -0.4 is 5.32 Å². The van der Waals surface area contributed by atoms with Crippen LogP contribution in [0.3, 0.4) is 0 Å². The first-order valence-corrected chi connectivity index (χ1v) is 9.31. The quantitative estimate of drug-likeness (QED) is 0.623. The Hall–Kier alpha value is -2.57. The number of nitrogens with one attached hydrogen (secondary N) is 1. The molecule has 2 N–H and O–H groups in total. The molecule has 0 aliphatic carbocycles. The minimum absolute atomic E-state index is 0.170. The number of aliphatic hydroxyl groups is 1. The number of rotatable bonds is 7. The van der Waals surface area contributed by atoms with E-state index in [1.165, 1.54) is 11.8 Å². The van der Waals surface area contributed by atoms with Crippen molar-refractivity contribution in [2.75, 3.05) is 12.3 Å². The average Bonchev–Trinajstić information content (AvgIpc) is 3.10. The van der Waals surface area contributed by atoms with E-state index in [1.54, 1.807) is 6.92 Å². The van der Waals surface area contributed by atoms with E-state index in [1.807, 2.05) is 60.7 Å². The van der Waals surface area contributed by atoms with Gasteiger partial charge in [0, 0.05) is 17.7 Å². The van der Waals surface area contributed by atoms with Crippen LogP contribution in [0.15, 0.2) is 70.3 Å². The molecule has 0 spiro atoms. The Kier molecular flexibility index (Phi) is 6.09. The minimum atomic E-state index is -0.569. The van der Waals surface area contributed by atoms with Gasteiger partial charge in [-0.3, -0.25) is 4.79 Å². The van der Waals surface area contributed by atoms with Gasteiger partial charge in [0.1, 0.15) is 5.69 Å². The van der Waals surface area contributed by atoms with E-state index >= 15 is 0 Å². The second-order valence-electron chi connectivity index (χ2n) is 5.83. The molecule has 1 aromatic heterocycles. The van der Waals surface area contributed by atoms with Gasteiger partial charge >= 0.3 is 0 Å². The third-order valence-corrected chi connectivity index (χ3v) is 4.44. The van der Waals surface area contributed by atoms with Crippen LogP contribution in [0.25, 0.3) is 22.6 Å². The third-order valence-electron chi connectivity index (χ3n) is 3.61. The summed E-state index contributed by atoms with van der Waals surface area (Å²) < 4.78 is 5.95. The monoisotopic (exact) mass is 368 g/mol. The summed E-state index contributed by atoms with van der Waals surface area (Å²) in [6.07, 6.45) is -0.569. The normalized spacial score (nSPS) is 11.9. The Morgan fingerprint density at radius 3 is 2.35 bits per heavy atom. The highest BCUT2D eigenvalue weighted by atomic mass is 32.2. The lowest BCUT2D eigenvalue weighted by Gasteiger charge is -2.05. The molecule has 134 valence electrons. The molecule has 6 heteroatoms. The standard InChI is InChI=1S/C20H20N2O3S/c1-14(23)12-21-17(24)13-26-20-22-18(15-8-4-2-5-9-15)19(25-20)16-10-6-3-7-11-16/h2-11,14,23H,12-13H2,1H3,(H,21,24)/t14-/m0/s1. The van der Waals surface area contributed by atoms with Crippen LogP contribution in [0, 0.1) is 0 Å². The highest BCUT2D eigenvalue weighted by molar-refractivity contribution is 7.99. The molecule has 1 amide bonds. The maximum absolute atomic E-state index is 11.8. The minimum Gasteiger partial charge on any atom is -0.431 e. The number of carbonyl (C=O) groups excluding carboxylic acids is 1. The molecule has 0 bridgehead atoms. The summed E-state index contributed by atoms with van der Waals surface area (Å²) in [6, 6.07) is 19.6. The van der Waals surface area contributed by atoms with Gasteiger partial charge in [-0.2, -0.15) is 0 Å². The maximum atomic E-state index is 11.8. The Morgan fingerprint density at radius 2 is 1.73 bits per heavy atom. The summed E-state index contributed by atoms with van der Waals surface area (Å²) in [5, 5.41) is 12.3. The third kappa shape index (κ3) is 4.74. The molecule has 5 nitrogen and oxygen atoms in total. The average molecular weight is 368 g/mol. The number of thioether (sulfide) groups is 1. The molecular formula is C20H20N2O3S. The SMILES string of the molecule is C[C@H](O)CNC(=O)CSc1nc(-c2ccccc2)c(-c2ccccc2)o1. The Balaban J connectivity index is 1.82. The van der Waals surface area contributed by atoms with Gasteiger partial charge in [-0.25, -0.2) is 4.98 Å². The molecule has 1 heterocycles. The number of nitrogens with zero attached hydrogens (tertiary/aromatic N) is 1. The number of carbonyl (C=O) groups is 1. The predicted octanol–water partition coefficient (Wildman–Crippen LogP) is 3.60. The van der Waals surface area contributed by atoms with E-state index in [0.29, 0.717) is 11.0 Å². The van der Waals surface area contributed by atoms with Gasteiger partial charge in [-0.15, -0.1) is 0 Å². The van der Waals surface area contributed by atoms with Crippen molar-refractivity contribution in [3.63, 3.8) is 0 Å². The Morgan fingerprint density at radius 1 is 1.12 bits per heavy atom. The molecule has 0 unspecified atom stereocenters. The van der Waals surface area contributed by atoms with E-state index < -0.39 is 6.10 Å². The first kappa shape index (κ1) is 18.2. The summed E-state index contributed by atoms with van der Waals surface area (Å²) in [5.74, 6) is 0.690. The van der Waals surface area contributed by atoms with Gasteiger partial charge in [-0.1, -0.05) is 72.4 Å². The first-order valence-electron chi connectivity index (χ1n) is 8.32. The highest BCUT2D eigenvalue weighted by Gasteiger charge is 2.17. The molecule has 0 radical (unpaired) electrons. The predicted molar refractivity (Wildman–Crippen MR) is 103 cm³/mol. The Bertz CT molecular complexity index is 791. The first-order chi connectivity index (χ1) is 12.6. The van der Waals surface area contributed by atoms with E-state index in [2.05, 4.69) is 10.3 Å². The number of hydrogen-bond donors (Lipinski definition) is 2. The lowest BCUT2D eigenvalue weighted by molar-refractivity contribution is -0.118. The van der Waals surface area contributed by atoms with Gasteiger partial charge in [0.15, 0.2) is 5.76 Å². The summed E-state index contributed by atoms with van der Waals surface area (Å²) in [7, 11) is 0. The van der Waals surface area contributed by atoms with Crippen LogP contribution in [0.1, 0.15) is 6.92 Å². The molecule has 2 aromatic carbocycles. The molecule has 0 fully saturated rings. The van der Waals surface area contributed by atoms with Crippen LogP contribution in [0.2, 0.25) is 0 Å². The highest BCUT2D eigenvalue weighted by Crippen LogP contribution is 2.35. The van der Waals surface area contributed by atoms with Crippen molar-refractivity contribution < 1.29 is 14.3 Å². The summed E-state index contributed by atoms with van der Waals surface area (Å²) in [6.45, 7) is 1.86. The van der Waals surface area contributed by atoms with Crippen molar-refractivity contribution in [2.45, 2.75) is 18.3 Å². The smallest absolute Gasteiger partial charge is 0.257 e. The van der Waals surface area contributed by atoms with Gasteiger partial charge in [0.25, 0.3) is 5.22 Å². The second kappa shape index (κ2) is 8.69. The summed E-state index contributed by atoms with van der Waals surface area (Å²) >= 11 is 1.23. The van der Waals surface area contributed by atoms with Crippen LogP contribution in [0.4, 0.5) is 0 Å². The summed E-state index contributed by atoms with van der Waals surface area (Å²) in [5.41, 5.74) is 2.65. The number of oxazole rings is 1. The van der Waals surface area contributed by atoms with E-state index in [-0.39, 0.29) is 18.2 Å². The van der Waals surface area contributed by atoms with Crippen LogP contribution in [-0.4, -0.2) is 34.4 Å². The zero-order chi connectivity index (χ0) is 18.4. The van der Waals surface area contributed by atoms with Crippen molar-refractivity contribution in [1.82, 2.24) is 10.3 Å². The van der Waals surface area contributed by atoms with Crippen molar-refractivity contribution in [2.24, 2.45) is 0 Å². The van der Waals surface area contributed by atoms with Crippen molar-refractivity contribution in [1.29, 1.82) is 0 Å². The molecular weight excluding hydrogens is 348 g/mol. The van der Waals surface area contributed by atoms with Crippen molar-refractivity contribution >= 4 is 17.7 Å². The topological polar surface area (TPSA) is 75.4 Å². The van der Waals surface area contributed by atoms with Gasteiger partial charge in [-0.05, 0) is 6.92 Å². The van der Waals surface area contributed by atoms with Gasteiger partial charge in [0.05, 0.1) is 11.9 Å². The Labute approximate surface area is 156 Å². The van der Waals surface area contributed by atoms with Crippen molar-refractivity contribution in [3.8, 4) is 22.6 Å². The molecule has 0 saturated heterocycles. The fourth-order valence-electron chi connectivity index (χ4n) is 2.38. The second-order valence-corrected chi connectivity index (χ2v) is 6.76. The molecule has 26 heavy (non-hydrogen) atoms. The van der Waals surface area contributed by atoms with Crippen LogP contribution in [-0.2, 0) is 4.79 Å². The fourth-order valence-corrected chi connectivity index (χ4v) is 3.03. The van der Waals surface area contributed by atoms with E-state index in [4.69, 9.17) is 4.42 Å². The zero-order valence-corrected chi connectivity index (χ0v) is 15.2. The fraction of sp³-hybridized carbons (Fsp3) is 0.200. The number of aliphatic hydroxyl groups excluding tert-OH is 1. The van der Waals surface area contributed by atoms with Gasteiger partial charge in [0.2, 0.25) is 5.91 Å². The van der Waals surface area contributed by atoms with E-state index in [9.17, 15) is 9.90 Å². The zero-order valence-electron chi connectivity index (χ0n) is 14.4. The van der Waals surface area contributed by atoms with Crippen molar-refractivity contribution in [3.05, 3.63) is 60.7 Å². The maximum Gasteiger partial charge on any atom is 0.257 e. The number of amides is 1. The largest absolute Gasteiger partial charge is 0.431 e. The van der Waals surface area contributed by atoms with Gasteiger partial charge < -0.3 is 14.8 Å². The molecule has 1 atom stereocenters. The summed E-state index contributed by atoms with van der Waals surface area (Å²) in [4.78, 5) is 16.4. The van der Waals surface area contributed by atoms with Crippen LogP contribution in [0.5, 0.6) is 0 Å². The number of hydrogen-bond acceptors (Lipinski definition) is 5. The molecule has 0 aliphatic heterocycles. The number of aromatic nitrogens is 1.